The van der Waals surface area contributed by atoms with E-state index in [1.54, 1.807) is 13.2 Å². The number of ether oxygens (including phenoxy) is 1. The van der Waals surface area contributed by atoms with Crippen molar-refractivity contribution in [1.29, 1.82) is 5.26 Å². The zero-order valence-electron chi connectivity index (χ0n) is 13.8. The number of carbonyl (C=O) groups excluding carboxylic acids is 1. The molecule has 0 saturated carbocycles. The average molecular weight is 356 g/mol. The number of aromatic amines is 1. The Morgan fingerprint density at radius 3 is 3.00 bits per heavy atom. The van der Waals surface area contributed by atoms with E-state index < -0.39 is 0 Å². The first-order valence-electron chi connectivity index (χ1n) is 7.78. The molecule has 0 radical (unpaired) electrons. The lowest BCUT2D eigenvalue weighted by atomic mass is 10.1. The Hall–Kier alpha value is -2.92. The molecule has 0 saturated heterocycles. The molecule has 3 aromatic rings. The number of hydrogen-bond donors (Lipinski definition) is 1. The van der Waals surface area contributed by atoms with Gasteiger partial charge in [0, 0.05) is 6.54 Å². The summed E-state index contributed by atoms with van der Waals surface area (Å²) in [7, 11) is 0. The minimum atomic E-state index is -0.316. The molecule has 0 aliphatic carbocycles. The number of rotatable bonds is 5. The molecule has 0 spiro atoms. The molecule has 0 bridgehead atoms. The van der Waals surface area contributed by atoms with Crippen LogP contribution >= 0.6 is 12.2 Å². The molecular weight excluding hydrogens is 340 g/mol. The van der Waals surface area contributed by atoms with Crippen molar-refractivity contribution in [1.82, 2.24) is 14.5 Å². The lowest BCUT2D eigenvalue weighted by molar-refractivity contribution is -0.143. The molecule has 0 aliphatic rings. The number of nitriles is 1. The second kappa shape index (κ2) is 6.91. The molecule has 3 rings (SSSR count). The summed E-state index contributed by atoms with van der Waals surface area (Å²) in [6, 6.07) is 4.03. The SMILES string of the molecule is CCOC(=O)CCn1c(-c2occc2C)c(C#N)c2[nH]cnc(=S)c21. The van der Waals surface area contributed by atoms with Gasteiger partial charge in [-0.25, -0.2) is 4.98 Å². The quantitative estimate of drug-likeness (QED) is 0.555. The van der Waals surface area contributed by atoms with Crippen LogP contribution in [0.3, 0.4) is 0 Å². The standard InChI is InChI=1S/C17H16N4O3S/c1-3-23-12(22)4-6-21-14(16-10(2)5-7-24-16)11(8-18)13-15(21)17(25)20-9-19-13/h5,7,9H,3-4,6H2,1-2H3,(H,19,20,25). The number of carbonyl (C=O) groups is 1. The van der Waals surface area contributed by atoms with Gasteiger partial charge in [-0.3, -0.25) is 4.79 Å². The van der Waals surface area contributed by atoms with Crippen molar-refractivity contribution >= 4 is 29.2 Å². The third kappa shape index (κ3) is 2.94. The molecule has 128 valence electrons. The highest BCUT2D eigenvalue weighted by atomic mass is 32.1. The molecule has 1 N–H and O–H groups in total. The molecular formula is C17H16N4O3S. The number of furan rings is 1. The van der Waals surface area contributed by atoms with Crippen LogP contribution in [0.15, 0.2) is 23.1 Å². The van der Waals surface area contributed by atoms with E-state index in [1.807, 2.05) is 17.6 Å². The van der Waals surface area contributed by atoms with E-state index in [2.05, 4.69) is 16.0 Å². The third-order valence-electron chi connectivity index (χ3n) is 3.89. The summed E-state index contributed by atoms with van der Waals surface area (Å²) in [5.74, 6) is 0.253. The van der Waals surface area contributed by atoms with Crippen molar-refractivity contribution in [2.24, 2.45) is 0 Å². The summed E-state index contributed by atoms with van der Waals surface area (Å²) in [6.45, 7) is 4.27. The van der Waals surface area contributed by atoms with E-state index in [-0.39, 0.29) is 12.4 Å². The zero-order chi connectivity index (χ0) is 18.0. The first-order chi connectivity index (χ1) is 12.1. The first kappa shape index (κ1) is 16.9. The highest BCUT2D eigenvalue weighted by Gasteiger charge is 2.24. The van der Waals surface area contributed by atoms with Gasteiger partial charge < -0.3 is 18.7 Å². The van der Waals surface area contributed by atoms with Gasteiger partial charge in [-0.2, -0.15) is 5.26 Å². The monoisotopic (exact) mass is 356 g/mol. The van der Waals surface area contributed by atoms with Crippen molar-refractivity contribution in [2.75, 3.05) is 6.61 Å². The largest absolute Gasteiger partial charge is 0.466 e. The number of nitrogens with zero attached hydrogens (tertiary/aromatic N) is 3. The number of aryl methyl sites for hydroxylation is 2. The molecule has 3 aromatic heterocycles. The minimum absolute atomic E-state index is 0.152. The number of aromatic nitrogens is 3. The Labute approximate surface area is 148 Å². The smallest absolute Gasteiger partial charge is 0.307 e. The van der Waals surface area contributed by atoms with Crippen LogP contribution in [0.2, 0.25) is 0 Å². The van der Waals surface area contributed by atoms with Crippen LogP contribution < -0.4 is 0 Å². The van der Waals surface area contributed by atoms with Crippen molar-refractivity contribution in [3.8, 4) is 17.5 Å². The lowest BCUT2D eigenvalue weighted by Gasteiger charge is -2.09. The number of hydrogen-bond acceptors (Lipinski definition) is 6. The second-order valence-corrected chi connectivity index (χ2v) is 5.79. The molecule has 8 heteroatoms. The second-order valence-electron chi connectivity index (χ2n) is 5.41. The van der Waals surface area contributed by atoms with Crippen LogP contribution in [0.5, 0.6) is 0 Å². The van der Waals surface area contributed by atoms with Crippen LogP contribution in [-0.4, -0.2) is 27.1 Å². The average Bonchev–Trinajstić information content (AvgIpc) is 3.14. The summed E-state index contributed by atoms with van der Waals surface area (Å²) in [5, 5.41) is 9.70. The van der Waals surface area contributed by atoms with Gasteiger partial charge in [0.05, 0.1) is 31.1 Å². The van der Waals surface area contributed by atoms with E-state index in [0.717, 1.165) is 5.56 Å². The first-order valence-corrected chi connectivity index (χ1v) is 8.19. The van der Waals surface area contributed by atoms with Gasteiger partial charge in [0.2, 0.25) is 0 Å². The summed E-state index contributed by atoms with van der Waals surface area (Å²) in [5.41, 5.74) is 3.06. The Morgan fingerprint density at radius 2 is 2.36 bits per heavy atom. The van der Waals surface area contributed by atoms with Crippen LogP contribution in [-0.2, 0) is 16.1 Å². The summed E-state index contributed by atoms with van der Waals surface area (Å²) >= 11 is 5.35. The number of nitrogens with one attached hydrogen (secondary N) is 1. The lowest BCUT2D eigenvalue weighted by Crippen LogP contribution is -2.10. The number of H-pyrrole nitrogens is 1. The van der Waals surface area contributed by atoms with Gasteiger partial charge in [-0.05, 0) is 25.5 Å². The maximum atomic E-state index is 11.8. The van der Waals surface area contributed by atoms with Crippen molar-refractivity contribution in [3.05, 3.63) is 34.4 Å². The fraction of sp³-hybridized carbons (Fsp3) is 0.294. The normalized spacial score (nSPS) is 10.8. The highest BCUT2D eigenvalue weighted by Crippen LogP contribution is 2.35. The van der Waals surface area contributed by atoms with Crippen LogP contribution in [0, 0.1) is 22.9 Å². The maximum Gasteiger partial charge on any atom is 0.307 e. The van der Waals surface area contributed by atoms with E-state index >= 15 is 0 Å². The molecule has 0 aromatic carbocycles. The van der Waals surface area contributed by atoms with Gasteiger partial charge >= 0.3 is 5.97 Å². The summed E-state index contributed by atoms with van der Waals surface area (Å²) in [4.78, 5) is 18.9. The van der Waals surface area contributed by atoms with Crippen molar-refractivity contribution in [3.63, 3.8) is 0 Å². The summed E-state index contributed by atoms with van der Waals surface area (Å²) in [6.07, 6.45) is 3.18. The van der Waals surface area contributed by atoms with Gasteiger partial charge in [0.15, 0.2) is 10.4 Å². The van der Waals surface area contributed by atoms with Crippen LogP contribution in [0.4, 0.5) is 0 Å². The molecule has 0 aliphatic heterocycles. The predicted molar refractivity (Wildman–Crippen MR) is 93.3 cm³/mol. The maximum absolute atomic E-state index is 11.8. The van der Waals surface area contributed by atoms with Gasteiger partial charge in [0.1, 0.15) is 22.8 Å². The van der Waals surface area contributed by atoms with Gasteiger partial charge in [-0.1, -0.05) is 12.2 Å². The van der Waals surface area contributed by atoms with Crippen LogP contribution in [0.25, 0.3) is 22.5 Å². The Bertz CT molecular complexity index is 1040. The van der Waals surface area contributed by atoms with E-state index in [0.29, 0.717) is 45.8 Å². The Kier molecular flexibility index (Phi) is 4.67. The third-order valence-corrected chi connectivity index (χ3v) is 4.19. The molecule has 0 amide bonds. The van der Waals surface area contributed by atoms with E-state index in [1.165, 1.54) is 6.33 Å². The van der Waals surface area contributed by atoms with Crippen molar-refractivity contribution < 1.29 is 13.9 Å². The number of fused-ring (bicyclic) bond motifs is 1. The molecule has 25 heavy (non-hydrogen) atoms. The molecule has 3 heterocycles. The molecule has 7 nitrogen and oxygen atoms in total. The Morgan fingerprint density at radius 1 is 1.56 bits per heavy atom. The van der Waals surface area contributed by atoms with Gasteiger partial charge in [-0.15, -0.1) is 0 Å². The molecule has 0 atom stereocenters. The van der Waals surface area contributed by atoms with E-state index in [4.69, 9.17) is 21.4 Å². The predicted octanol–water partition coefficient (Wildman–Crippen LogP) is 3.49. The highest BCUT2D eigenvalue weighted by molar-refractivity contribution is 7.71. The topological polar surface area (TPSA) is 96.8 Å². The Balaban J connectivity index is 2.25. The minimum Gasteiger partial charge on any atom is -0.466 e. The fourth-order valence-corrected chi connectivity index (χ4v) is 3.08. The fourth-order valence-electron chi connectivity index (χ4n) is 2.82. The summed E-state index contributed by atoms with van der Waals surface area (Å²) < 4.78 is 12.8. The molecule has 0 unspecified atom stereocenters. The van der Waals surface area contributed by atoms with Gasteiger partial charge in [0.25, 0.3) is 0 Å². The zero-order valence-corrected chi connectivity index (χ0v) is 14.6. The van der Waals surface area contributed by atoms with Crippen molar-refractivity contribution in [2.45, 2.75) is 26.8 Å². The van der Waals surface area contributed by atoms with Crippen LogP contribution in [0.1, 0.15) is 24.5 Å². The molecule has 0 fully saturated rings. The van der Waals surface area contributed by atoms with E-state index in [9.17, 15) is 10.1 Å². The number of esters is 1.